The van der Waals surface area contributed by atoms with Gasteiger partial charge in [-0.1, -0.05) is 30.3 Å². The standard InChI is InChI=1S/C21H28N2O4S/c1-16(17-8-5-4-6-9-17)23-21(2,3)15-22-28(24,25)18-10-11-19-20(14-18)27-13-7-12-26-19/h4-6,8-11,14,16,22-23H,7,12-13,15H2,1-3H3. The van der Waals surface area contributed by atoms with Crippen molar-refractivity contribution in [3.8, 4) is 11.5 Å². The van der Waals surface area contributed by atoms with Gasteiger partial charge in [0.2, 0.25) is 10.0 Å². The molecule has 1 unspecified atom stereocenters. The summed E-state index contributed by atoms with van der Waals surface area (Å²) in [5, 5.41) is 3.48. The van der Waals surface area contributed by atoms with Crippen LogP contribution in [0.4, 0.5) is 0 Å². The number of rotatable bonds is 7. The van der Waals surface area contributed by atoms with Gasteiger partial charge in [0.05, 0.1) is 18.1 Å². The first kappa shape index (κ1) is 20.6. The normalized spacial score (nSPS) is 15.7. The molecule has 0 bridgehead atoms. The molecular weight excluding hydrogens is 376 g/mol. The van der Waals surface area contributed by atoms with Crippen LogP contribution in [-0.4, -0.2) is 33.7 Å². The summed E-state index contributed by atoms with van der Waals surface area (Å²) in [6.45, 7) is 7.34. The zero-order chi connectivity index (χ0) is 20.2. The van der Waals surface area contributed by atoms with Crippen molar-refractivity contribution in [3.63, 3.8) is 0 Å². The van der Waals surface area contributed by atoms with Crippen molar-refractivity contribution in [2.75, 3.05) is 19.8 Å². The molecule has 2 aromatic carbocycles. The van der Waals surface area contributed by atoms with Crippen molar-refractivity contribution in [2.45, 2.75) is 43.7 Å². The average molecular weight is 405 g/mol. The molecule has 1 aliphatic heterocycles. The first-order valence-corrected chi connectivity index (χ1v) is 11.0. The summed E-state index contributed by atoms with van der Waals surface area (Å²) < 4.78 is 39.4. The molecule has 0 amide bonds. The number of ether oxygens (including phenoxy) is 2. The van der Waals surface area contributed by atoms with Gasteiger partial charge < -0.3 is 14.8 Å². The summed E-state index contributed by atoms with van der Waals surface area (Å²) in [7, 11) is -3.66. The topological polar surface area (TPSA) is 76.7 Å². The van der Waals surface area contributed by atoms with E-state index in [1.165, 1.54) is 6.07 Å². The van der Waals surface area contributed by atoms with Gasteiger partial charge in [0.1, 0.15) is 0 Å². The van der Waals surface area contributed by atoms with Crippen LogP contribution < -0.4 is 19.5 Å². The van der Waals surface area contributed by atoms with Crippen molar-refractivity contribution >= 4 is 10.0 Å². The Morgan fingerprint density at radius 3 is 2.43 bits per heavy atom. The average Bonchev–Trinajstić information content (AvgIpc) is 2.92. The molecule has 2 aromatic rings. The van der Waals surface area contributed by atoms with Gasteiger partial charge in [-0.3, -0.25) is 0 Å². The van der Waals surface area contributed by atoms with Crippen LogP contribution in [-0.2, 0) is 10.0 Å². The summed E-state index contributed by atoms with van der Waals surface area (Å²) in [6.07, 6.45) is 0.772. The van der Waals surface area contributed by atoms with Crippen LogP contribution in [0.25, 0.3) is 0 Å². The number of benzene rings is 2. The predicted octanol–water partition coefficient (Wildman–Crippen LogP) is 3.26. The molecule has 0 spiro atoms. The molecule has 0 saturated heterocycles. The van der Waals surface area contributed by atoms with Crippen LogP contribution in [0.3, 0.4) is 0 Å². The van der Waals surface area contributed by atoms with Crippen molar-refractivity contribution in [3.05, 3.63) is 54.1 Å². The number of sulfonamides is 1. The summed E-state index contributed by atoms with van der Waals surface area (Å²) in [5.41, 5.74) is 0.717. The highest BCUT2D eigenvalue weighted by Crippen LogP contribution is 2.31. The van der Waals surface area contributed by atoms with E-state index in [0.29, 0.717) is 24.7 Å². The molecule has 0 aromatic heterocycles. The van der Waals surface area contributed by atoms with Crippen molar-refractivity contribution in [2.24, 2.45) is 0 Å². The van der Waals surface area contributed by atoms with E-state index < -0.39 is 15.6 Å². The molecule has 1 aliphatic rings. The second-order valence-corrected chi connectivity index (χ2v) is 9.41. The SMILES string of the molecule is CC(NC(C)(C)CNS(=O)(=O)c1ccc2c(c1)OCCCO2)c1ccccc1. The van der Waals surface area contributed by atoms with Gasteiger partial charge in [0.25, 0.3) is 0 Å². The lowest BCUT2D eigenvalue weighted by Crippen LogP contribution is -2.49. The molecule has 2 N–H and O–H groups in total. The van der Waals surface area contributed by atoms with E-state index in [2.05, 4.69) is 29.1 Å². The summed E-state index contributed by atoms with van der Waals surface area (Å²) in [4.78, 5) is 0.170. The van der Waals surface area contributed by atoms with E-state index in [4.69, 9.17) is 9.47 Å². The van der Waals surface area contributed by atoms with E-state index in [1.54, 1.807) is 12.1 Å². The second kappa shape index (κ2) is 8.51. The third-order valence-electron chi connectivity index (χ3n) is 4.64. The van der Waals surface area contributed by atoms with E-state index in [9.17, 15) is 8.42 Å². The van der Waals surface area contributed by atoms with Crippen molar-refractivity contribution in [1.82, 2.24) is 10.0 Å². The first-order chi connectivity index (χ1) is 13.3. The molecular formula is C21H28N2O4S. The van der Waals surface area contributed by atoms with Gasteiger partial charge in [0, 0.05) is 30.6 Å². The van der Waals surface area contributed by atoms with Crippen LogP contribution in [0, 0.1) is 0 Å². The van der Waals surface area contributed by atoms with Crippen LogP contribution in [0.5, 0.6) is 11.5 Å². The molecule has 6 nitrogen and oxygen atoms in total. The van der Waals surface area contributed by atoms with Gasteiger partial charge in [-0.05, 0) is 38.5 Å². The molecule has 28 heavy (non-hydrogen) atoms. The minimum Gasteiger partial charge on any atom is -0.490 e. The number of fused-ring (bicyclic) bond motifs is 1. The summed E-state index contributed by atoms with van der Waals surface area (Å²) in [5.74, 6) is 1.05. The van der Waals surface area contributed by atoms with Crippen LogP contribution in [0.2, 0.25) is 0 Å². The molecule has 152 valence electrons. The predicted molar refractivity (Wildman–Crippen MR) is 109 cm³/mol. The highest BCUT2D eigenvalue weighted by molar-refractivity contribution is 7.89. The molecule has 1 atom stereocenters. The fourth-order valence-electron chi connectivity index (χ4n) is 3.13. The monoisotopic (exact) mass is 404 g/mol. The van der Waals surface area contributed by atoms with Gasteiger partial charge in [-0.25, -0.2) is 13.1 Å². The second-order valence-electron chi connectivity index (χ2n) is 7.64. The number of hydrogen-bond donors (Lipinski definition) is 2. The molecule has 1 heterocycles. The number of hydrogen-bond acceptors (Lipinski definition) is 5. The summed E-state index contributed by atoms with van der Waals surface area (Å²) >= 11 is 0. The Labute approximate surface area is 167 Å². The Bertz CT molecular complexity index is 898. The Kier molecular flexibility index (Phi) is 6.27. The Hall–Kier alpha value is -2.09. The zero-order valence-corrected chi connectivity index (χ0v) is 17.4. The third kappa shape index (κ3) is 5.25. The maximum atomic E-state index is 12.8. The zero-order valence-electron chi connectivity index (χ0n) is 16.6. The van der Waals surface area contributed by atoms with Crippen LogP contribution in [0.1, 0.15) is 38.8 Å². The van der Waals surface area contributed by atoms with E-state index in [1.807, 2.05) is 32.0 Å². The Morgan fingerprint density at radius 2 is 1.71 bits per heavy atom. The molecule has 7 heteroatoms. The fourth-order valence-corrected chi connectivity index (χ4v) is 4.36. The molecule has 0 aliphatic carbocycles. The van der Waals surface area contributed by atoms with Gasteiger partial charge in [-0.15, -0.1) is 0 Å². The van der Waals surface area contributed by atoms with Crippen LogP contribution >= 0.6 is 0 Å². The highest BCUT2D eigenvalue weighted by Gasteiger charge is 2.25. The highest BCUT2D eigenvalue weighted by atomic mass is 32.2. The Balaban J connectivity index is 1.66. The Morgan fingerprint density at radius 1 is 1.04 bits per heavy atom. The van der Waals surface area contributed by atoms with E-state index in [0.717, 1.165) is 12.0 Å². The van der Waals surface area contributed by atoms with Crippen molar-refractivity contribution < 1.29 is 17.9 Å². The fraction of sp³-hybridized carbons (Fsp3) is 0.429. The largest absolute Gasteiger partial charge is 0.490 e. The van der Waals surface area contributed by atoms with Crippen molar-refractivity contribution in [1.29, 1.82) is 0 Å². The molecule has 0 saturated carbocycles. The third-order valence-corrected chi connectivity index (χ3v) is 6.04. The van der Waals surface area contributed by atoms with E-state index >= 15 is 0 Å². The van der Waals surface area contributed by atoms with E-state index in [-0.39, 0.29) is 17.5 Å². The molecule has 0 fully saturated rings. The van der Waals surface area contributed by atoms with Crippen LogP contribution in [0.15, 0.2) is 53.4 Å². The van der Waals surface area contributed by atoms with Gasteiger partial charge in [-0.2, -0.15) is 0 Å². The maximum Gasteiger partial charge on any atom is 0.240 e. The minimum absolute atomic E-state index is 0.0961. The number of nitrogens with one attached hydrogen (secondary N) is 2. The molecule has 3 rings (SSSR count). The lowest BCUT2D eigenvalue weighted by atomic mass is 10.0. The van der Waals surface area contributed by atoms with Gasteiger partial charge in [0.15, 0.2) is 11.5 Å². The lowest BCUT2D eigenvalue weighted by molar-refractivity contribution is 0.297. The maximum absolute atomic E-state index is 12.8. The molecule has 0 radical (unpaired) electrons. The van der Waals surface area contributed by atoms with Gasteiger partial charge >= 0.3 is 0 Å². The minimum atomic E-state index is -3.66. The summed E-state index contributed by atoms with van der Waals surface area (Å²) in [6, 6.07) is 14.9. The quantitative estimate of drug-likeness (QED) is 0.741. The first-order valence-electron chi connectivity index (χ1n) is 9.49. The smallest absolute Gasteiger partial charge is 0.240 e. The lowest BCUT2D eigenvalue weighted by Gasteiger charge is -2.30.